The van der Waals surface area contributed by atoms with Gasteiger partial charge in [-0.25, -0.2) is 0 Å². The van der Waals surface area contributed by atoms with E-state index in [9.17, 15) is 5.11 Å². The lowest BCUT2D eigenvalue weighted by atomic mass is 9.81. The molecule has 1 saturated carbocycles. The van der Waals surface area contributed by atoms with Gasteiger partial charge in [-0.05, 0) is 30.9 Å². The zero-order valence-corrected chi connectivity index (χ0v) is 11.4. The van der Waals surface area contributed by atoms with E-state index in [1.165, 1.54) is 32.1 Å². The van der Waals surface area contributed by atoms with E-state index in [4.69, 9.17) is 16.3 Å². The van der Waals surface area contributed by atoms with Crippen molar-refractivity contribution in [3.05, 3.63) is 29.3 Å². The molecule has 0 aromatic heterocycles. The summed E-state index contributed by atoms with van der Waals surface area (Å²) >= 11 is 6.05. The van der Waals surface area contributed by atoms with Crippen molar-refractivity contribution in [1.82, 2.24) is 0 Å². The van der Waals surface area contributed by atoms with Gasteiger partial charge >= 0.3 is 0 Å². The second-order valence-corrected chi connectivity index (χ2v) is 5.49. The Hall–Kier alpha value is -0.730. The van der Waals surface area contributed by atoms with Crippen LogP contribution in [0.25, 0.3) is 0 Å². The minimum absolute atomic E-state index is 0.203. The normalized spacial score (nSPS) is 18.6. The summed E-state index contributed by atoms with van der Waals surface area (Å²) in [6.45, 7) is 0.764. The Bertz CT molecular complexity index is 361. The molecule has 1 aliphatic rings. The molecule has 1 fully saturated rings. The van der Waals surface area contributed by atoms with E-state index in [2.05, 4.69) is 0 Å². The molecule has 0 bridgehead atoms. The van der Waals surface area contributed by atoms with Crippen molar-refractivity contribution >= 4 is 11.6 Å². The standard InChI is InChI=1S/C15H21ClO2/c16-14-8-4-5-9-15(14)18-11-13(10-17)12-6-2-1-3-7-12/h4-5,8-9,12-13,17H,1-3,6-7,10-11H2. The van der Waals surface area contributed by atoms with E-state index in [1.807, 2.05) is 24.3 Å². The lowest BCUT2D eigenvalue weighted by molar-refractivity contribution is 0.0984. The molecule has 1 aromatic carbocycles. The third-order valence-corrected chi connectivity index (χ3v) is 4.15. The molecule has 0 heterocycles. The second kappa shape index (κ2) is 7.01. The van der Waals surface area contributed by atoms with Gasteiger partial charge in [-0.15, -0.1) is 0 Å². The van der Waals surface area contributed by atoms with Crippen LogP contribution in [0.15, 0.2) is 24.3 Å². The molecule has 1 unspecified atom stereocenters. The summed E-state index contributed by atoms with van der Waals surface area (Å²) in [5.41, 5.74) is 0. The van der Waals surface area contributed by atoms with Gasteiger partial charge in [0, 0.05) is 12.5 Å². The van der Waals surface area contributed by atoms with Crippen LogP contribution in [0.5, 0.6) is 5.75 Å². The predicted molar refractivity (Wildman–Crippen MR) is 74.1 cm³/mol. The van der Waals surface area contributed by atoms with Gasteiger partial charge in [-0.3, -0.25) is 0 Å². The fraction of sp³-hybridized carbons (Fsp3) is 0.600. The highest BCUT2D eigenvalue weighted by atomic mass is 35.5. The summed E-state index contributed by atoms with van der Waals surface area (Å²) in [5.74, 6) is 1.56. The van der Waals surface area contributed by atoms with E-state index in [0.717, 1.165) is 0 Å². The van der Waals surface area contributed by atoms with E-state index in [1.54, 1.807) is 0 Å². The molecule has 1 N–H and O–H groups in total. The first kappa shape index (κ1) is 13.7. The molecule has 1 atom stereocenters. The molecule has 3 heteroatoms. The first-order valence-corrected chi connectivity index (χ1v) is 7.17. The Morgan fingerprint density at radius 2 is 1.94 bits per heavy atom. The van der Waals surface area contributed by atoms with Crippen molar-refractivity contribution in [2.45, 2.75) is 32.1 Å². The molecular formula is C15H21ClO2. The highest BCUT2D eigenvalue weighted by Crippen LogP contribution is 2.31. The van der Waals surface area contributed by atoms with Crippen LogP contribution in [0.2, 0.25) is 5.02 Å². The highest BCUT2D eigenvalue weighted by molar-refractivity contribution is 6.32. The Kier molecular flexibility index (Phi) is 5.33. The molecule has 0 spiro atoms. The van der Waals surface area contributed by atoms with E-state index in [0.29, 0.717) is 23.3 Å². The van der Waals surface area contributed by atoms with E-state index < -0.39 is 0 Å². The van der Waals surface area contributed by atoms with Crippen LogP contribution in [-0.2, 0) is 0 Å². The van der Waals surface area contributed by atoms with Crippen LogP contribution >= 0.6 is 11.6 Å². The topological polar surface area (TPSA) is 29.5 Å². The smallest absolute Gasteiger partial charge is 0.137 e. The molecule has 0 saturated heterocycles. The molecule has 1 aromatic rings. The molecule has 100 valence electrons. The lowest BCUT2D eigenvalue weighted by Gasteiger charge is -2.29. The van der Waals surface area contributed by atoms with Crippen LogP contribution in [0.3, 0.4) is 0 Å². The molecule has 0 aliphatic heterocycles. The van der Waals surface area contributed by atoms with E-state index in [-0.39, 0.29) is 12.5 Å². The lowest BCUT2D eigenvalue weighted by Crippen LogP contribution is -2.27. The Balaban J connectivity index is 1.88. The van der Waals surface area contributed by atoms with Crippen LogP contribution in [0.4, 0.5) is 0 Å². The van der Waals surface area contributed by atoms with Gasteiger partial charge in [0.05, 0.1) is 11.6 Å². The Morgan fingerprint density at radius 1 is 1.22 bits per heavy atom. The molecule has 2 rings (SSSR count). The van der Waals surface area contributed by atoms with Gasteiger partial charge in [0.2, 0.25) is 0 Å². The van der Waals surface area contributed by atoms with Crippen molar-refractivity contribution in [1.29, 1.82) is 0 Å². The number of para-hydroxylation sites is 1. The number of ether oxygens (including phenoxy) is 1. The van der Waals surface area contributed by atoms with Crippen LogP contribution < -0.4 is 4.74 Å². The number of rotatable bonds is 5. The highest BCUT2D eigenvalue weighted by Gasteiger charge is 2.23. The fourth-order valence-corrected chi connectivity index (χ4v) is 2.89. The van der Waals surface area contributed by atoms with Crippen LogP contribution in [-0.4, -0.2) is 18.3 Å². The van der Waals surface area contributed by atoms with Gasteiger partial charge in [0.15, 0.2) is 0 Å². The Morgan fingerprint density at radius 3 is 2.61 bits per heavy atom. The summed E-state index contributed by atoms with van der Waals surface area (Å²) in [6, 6.07) is 7.50. The minimum Gasteiger partial charge on any atom is -0.492 e. The third-order valence-electron chi connectivity index (χ3n) is 3.84. The number of halogens is 1. The first-order chi connectivity index (χ1) is 8.81. The van der Waals surface area contributed by atoms with Gasteiger partial charge in [-0.2, -0.15) is 0 Å². The minimum atomic E-state index is 0.203. The summed E-state index contributed by atoms with van der Waals surface area (Å²) in [7, 11) is 0. The van der Waals surface area contributed by atoms with Crippen LogP contribution in [0.1, 0.15) is 32.1 Å². The van der Waals surface area contributed by atoms with Gasteiger partial charge in [0.1, 0.15) is 5.75 Å². The van der Waals surface area contributed by atoms with Crippen molar-refractivity contribution in [2.75, 3.05) is 13.2 Å². The fourth-order valence-electron chi connectivity index (χ4n) is 2.70. The molecule has 0 amide bonds. The average Bonchev–Trinajstić information content (AvgIpc) is 2.42. The van der Waals surface area contributed by atoms with Gasteiger partial charge in [-0.1, -0.05) is 43.0 Å². The summed E-state index contributed by atoms with van der Waals surface area (Å²) in [4.78, 5) is 0. The number of hydrogen-bond donors (Lipinski definition) is 1. The molecule has 1 aliphatic carbocycles. The number of benzene rings is 1. The average molecular weight is 269 g/mol. The monoisotopic (exact) mass is 268 g/mol. The SMILES string of the molecule is OCC(COc1ccccc1Cl)C1CCCCC1. The predicted octanol–water partition coefficient (Wildman–Crippen LogP) is 3.91. The van der Waals surface area contributed by atoms with E-state index >= 15 is 0 Å². The summed E-state index contributed by atoms with van der Waals surface area (Å²) < 4.78 is 5.75. The maximum atomic E-state index is 9.51. The number of aliphatic hydroxyl groups excluding tert-OH is 1. The first-order valence-electron chi connectivity index (χ1n) is 6.79. The number of aliphatic hydroxyl groups is 1. The largest absolute Gasteiger partial charge is 0.492 e. The van der Waals surface area contributed by atoms with Crippen molar-refractivity contribution in [2.24, 2.45) is 11.8 Å². The quantitative estimate of drug-likeness (QED) is 0.877. The van der Waals surface area contributed by atoms with Gasteiger partial charge < -0.3 is 9.84 Å². The zero-order valence-electron chi connectivity index (χ0n) is 10.6. The zero-order chi connectivity index (χ0) is 12.8. The molecule has 18 heavy (non-hydrogen) atoms. The molecule has 0 radical (unpaired) electrons. The van der Waals surface area contributed by atoms with Crippen molar-refractivity contribution in [3.8, 4) is 5.75 Å². The van der Waals surface area contributed by atoms with Crippen LogP contribution in [0, 0.1) is 11.8 Å². The Labute approximate surface area is 114 Å². The molecular weight excluding hydrogens is 248 g/mol. The third kappa shape index (κ3) is 3.63. The second-order valence-electron chi connectivity index (χ2n) is 5.08. The maximum Gasteiger partial charge on any atom is 0.137 e. The van der Waals surface area contributed by atoms with Crippen molar-refractivity contribution < 1.29 is 9.84 Å². The summed E-state index contributed by atoms with van der Waals surface area (Å²) in [6.07, 6.45) is 6.34. The van der Waals surface area contributed by atoms with Gasteiger partial charge in [0.25, 0.3) is 0 Å². The number of hydrogen-bond acceptors (Lipinski definition) is 2. The summed E-state index contributed by atoms with van der Waals surface area (Å²) in [5, 5.41) is 10.1. The molecule has 2 nitrogen and oxygen atoms in total. The van der Waals surface area contributed by atoms with Crippen molar-refractivity contribution in [3.63, 3.8) is 0 Å². The maximum absolute atomic E-state index is 9.51.